The molecular formula is C25H32Cl2N2O3. The summed E-state index contributed by atoms with van der Waals surface area (Å²) in [5, 5.41) is 1.13. The third-order valence-corrected chi connectivity index (χ3v) is 6.18. The van der Waals surface area contributed by atoms with Crippen molar-refractivity contribution in [1.82, 2.24) is 9.80 Å². The zero-order chi connectivity index (χ0) is 23.1. The molecule has 2 aromatic carbocycles. The molecule has 1 saturated heterocycles. The quantitative estimate of drug-likeness (QED) is 0.448. The van der Waals surface area contributed by atoms with Crippen LogP contribution in [0, 0.1) is 5.92 Å². The van der Waals surface area contributed by atoms with Crippen molar-refractivity contribution < 1.29 is 14.3 Å². The standard InChI is InChI=1S/C25H32Cl2N2O3/c1-18(2)16-31-23-8-4-19(5-9-23)17-32-25(30)29(22-10-12-28(3)13-11-22)15-20-6-7-21(26)14-24(20)27/h4-9,14,18,22H,10-13,15-17H2,1-3H3. The van der Waals surface area contributed by atoms with Crippen LogP contribution in [0.5, 0.6) is 5.75 Å². The van der Waals surface area contributed by atoms with E-state index in [1.807, 2.05) is 35.2 Å². The van der Waals surface area contributed by atoms with Gasteiger partial charge in [-0.3, -0.25) is 0 Å². The molecular weight excluding hydrogens is 447 g/mol. The number of piperidine rings is 1. The van der Waals surface area contributed by atoms with Crippen molar-refractivity contribution >= 4 is 29.3 Å². The highest BCUT2D eigenvalue weighted by Gasteiger charge is 2.28. The minimum atomic E-state index is -0.328. The molecule has 0 unspecified atom stereocenters. The molecule has 0 N–H and O–H groups in total. The molecule has 0 bridgehead atoms. The van der Waals surface area contributed by atoms with Gasteiger partial charge in [-0.1, -0.05) is 55.2 Å². The molecule has 0 spiro atoms. The number of likely N-dealkylation sites (tertiary alicyclic amines) is 1. The van der Waals surface area contributed by atoms with Crippen LogP contribution in [0.25, 0.3) is 0 Å². The third kappa shape index (κ3) is 7.29. The maximum Gasteiger partial charge on any atom is 0.410 e. The van der Waals surface area contributed by atoms with E-state index in [1.54, 1.807) is 12.1 Å². The van der Waals surface area contributed by atoms with Crippen LogP contribution in [0.1, 0.15) is 37.8 Å². The van der Waals surface area contributed by atoms with Crippen molar-refractivity contribution in [2.24, 2.45) is 5.92 Å². The lowest BCUT2D eigenvalue weighted by Gasteiger charge is -2.36. The van der Waals surface area contributed by atoms with Crippen molar-refractivity contribution in [3.8, 4) is 5.75 Å². The second-order valence-electron chi connectivity index (χ2n) is 8.80. The number of benzene rings is 2. The van der Waals surface area contributed by atoms with E-state index in [2.05, 4.69) is 25.8 Å². The molecule has 1 amide bonds. The largest absolute Gasteiger partial charge is 0.493 e. The molecule has 2 aromatic rings. The van der Waals surface area contributed by atoms with Gasteiger partial charge in [-0.15, -0.1) is 0 Å². The highest BCUT2D eigenvalue weighted by Crippen LogP contribution is 2.26. The van der Waals surface area contributed by atoms with E-state index in [1.165, 1.54) is 0 Å². The summed E-state index contributed by atoms with van der Waals surface area (Å²) in [6, 6.07) is 13.2. The minimum absolute atomic E-state index is 0.109. The number of carbonyl (C=O) groups is 1. The number of ether oxygens (including phenoxy) is 2. The lowest BCUT2D eigenvalue weighted by atomic mass is 10.0. The fraction of sp³-hybridized carbons (Fsp3) is 0.480. The fourth-order valence-corrected chi connectivity index (χ4v) is 4.12. The lowest BCUT2D eigenvalue weighted by Crippen LogP contribution is -2.46. The van der Waals surface area contributed by atoms with Gasteiger partial charge in [0, 0.05) is 16.1 Å². The molecule has 1 aliphatic heterocycles. The average Bonchev–Trinajstić information content (AvgIpc) is 2.77. The monoisotopic (exact) mass is 478 g/mol. The van der Waals surface area contributed by atoms with Crippen LogP contribution in [0.4, 0.5) is 4.79 Å². The predicted octanol–water partition coefficient (Wildman–Crippen LogP) is 6.26. The first kappa shape index (κ1) is 24.7. The van der Waals surface area contributed by atoms with E-state index in [4.69, 9.17) is 32.7 Å². The Hall–Kier alpha value is -1.95. The summed E-state index contributed by atoms with van der Waals surface area (Å²) in [6.07, 6.45) is 1.47. The van der Waals surface area contributed by atoms with Crippen molar-refractivity contribution in [3.63, 3.8) is 0 Å². The Labute approximate surface area is 201 Å². The summed E-state index contributed by atoms with van der Waals surface area (Å²) in [6.45, 7) is 7.39. The molecule has 1 fully saturated rings. The number of hydrogen-bond acceptors (Lipinski definition) is 4. The molecule has 32 heavy (non-hydrogen) atoms. The normalized spacial score (nSPS) is 15.1. The van der Waals surface area contributed by atoms with Gasteiger partial charge in [-0.2, -0.15) is 0 Å². The first-order valence-corrected chi connectivity index (χ1v) is 11.8. The first-order valence-electron chi connectivity index (χ1n) is 11.1. The molecule has 3 rings (SSSR count). The van der Waals surface area contributed by atoms with Crippen LogP contribution in [0.3, 0.4) is 0 Å². The number of hydrogen-bond donors (Lipinski definition) is 0. The van der Waals surface area contributed by atoms with Gasteiger partial charge >= 0.3 is 6.09 Å². The Morgan fingerprint density at radius 3 is 2.44 bits per heavy atom. The summed E-state index contributed by atoms with van der Waals surface area (Å²) in [7, 11) is 2.10. The summed E-state index contributed by atoms with van der Waals surface area (Å²) in [5.74, 6) is 1.29. The Morgan fingerprint density at radius 2 is 1.81 bits per heavy atom. The van der Waals surface area contributed by atoms with Gasteiger partial charge in [0.1, 0.15) is 12.4 Å². The molecule has 1 aliphatic rings. The van der Waals surface area contributed by atoms with E-state index >= 15 is 0 Å². The van der Waals surface area contributed by atoms with E-state index in [0.717, 1.165) is 42.8 Å². The van der Waals surface area contributed by atoms with E-state index in [9.17, 15) is 4.79 Å². The van der Waals surface area contributed by atoms with Crippen LogP contribution in [-0.2, 0) is 17.9 Å². The highest BCUT2D eigenvalue weighted by molar-refractivity contribution is 6.35. The van der Waals surface area contributed by atoms with Gasteiger partial charge in [0.25, 0.3) is 0 Å². The second-order valence-corrected chi connectivity index (χ2v) is 9.65. The third-order valence-electron chi connectivity index (χ3n) is 5.59. The number of halogens is 2. The van der Waals surface area contributed by atoms with Crippen molar-refractivity contribution in [2.75, 3.05) is 26.7 Å². The Morgan fingerprint density at radius 1 is 1.12 bits per heavy atom. The van der Waals surface area contributed by atoms with Gasteiger partial charge in [-0.25, -0.2) is 4.79 Å². The van der Waals surface area contributed by atoms with E-state index in [0.29, 0.717) is 29.1 Å². The number of carbonyl (C=O) groups excluding carboxylic acids is 1. The molecule has 7 heteroatoms. The predicted molar refractivity (Wildman–Crippen MR) is 129 cm³/mol. The van der Waals surface area contributed by atoms with Gasteiger partial charge in [0.2, 0.25) is 0 Å². The van der Waals surface area contributed by atoms with E-state index < -0.39 is 0 Å². The van der Waals surface area contributed by atoms with Gasteiger partial charge in [-0.05, 0) is 74.3 Å². The molecule has 0 atom stereocenters. The molecule has 174 valence electrons. The molecule has 0 aromatic heterocycles. The smallest absolute Gasteiger partial charge is 0.410 e. The summed E-state index contributed by atoms with van der Waals surface area (Å²) in [4.78, 5) is 17.2. The zero-order valence-corrected chi connectivity index (χ0v) is 20.5. The van der Waals surface area contributed by atoms with Gasteiger partial charge < -0.3 is 19.3 Å². The Kier molecular flexibility index (Phi) is 9.09. The molecule has 1 heterocycles. The van der Waals surface area contributed by atoms with Gasteiger partial charge in [0.05, 0.1) is 13.2 Å². The van der Waals surface area contributed by atoms with Crippen LogP contribution >= 0.6 is 23.2 Å². The van der Waals surface area contributed by atoms with Crippen LogP contribution in [-0.4, -0.2) is 48.7 Å². The van der Waals surface area contributed by atoms with E-state index in [-0.39, 0.29) is 18.7 Å². The first-order chi connectivity index (χ1) is 15.3. The summed E-state index contributed by atoms with van der Waals surface area (Å²) < 4.78 is 11.4. The number of rotatable bonds is 8. The van der Waals surface area contributed by atoms with Crippen molar-refractivity contribution in [3.05, 3.63) is 63.6 Å². The van der Waals surface area contributed by atoms with Crippen LogP contribution in [0.2, 0.25) is 10.0 Å². The fourth-order valence-electron chi connectivity index (χ4n) is 3.66. The number of nitrogens with zero attached hydrogens (tertiary/aromatic N) is 2. The SMILES string of the molecule is CC(C)COc1ccc(COC(=O)N(Cc2ccc(Cl)cc2Cl)C2CCN(C)CC2)cc1. The topological polar surface area (TPSA) is 42.0 Å². The highest BCUT2D eigenvalue weighted by atomic mass is 35.5. The van der Waals surface area contributed by atoms with Crippen molar-refractivity contribution in [1.29, 1.82) is 0 Å². The Balaban J connectivity index is 1.65. The molecule has 0 aliphatic carbocycles. The van der Waals surface area contributed by atoms with Gasteiger partial charge in [0.15, 0.2) is 0 Å². The molecule has 0 radical (unpaired) electrons. The second kappa shape index (κ2) is 11.8. The molecule has 0 saturated carbocycles. The minimum Gasteiger partial charge on any atom is -0.493 e. The zero-order valence-electron chi connectivity index (χ0n) is 19.0. The van der Waals surface area contributed by atoms with Crippen LogP contribution in [0.15, 0.2) is 42.5 Å². The number of amides is 1. The maximum atomic E-state index is 13.1. The lowest BCUT2D eigenvalue weighted by molar-refractivity contribution is 0.0604. The maximum absolute atomic E-state index is 13.1. The van der Waals surface area contributed by atoms with Crippen LogP contribution < -0.4 is 4.74 Å². The summed E-state index contributed by atoms with van der Waals surface area (Å²) >= 11 is 12.4. The van der Waals surface area contributed by atoms with Crippen molar-refractivity contribution in [2.45, 2.75) is 45.9 Å². The average molecular weight is 479 g/mol. The summed E-state index contributed by atoms with van der Waals surface area (Å²) in [5.41, 5.74) is 1.78. The molecule has 5 nitrogen and oxygen atoms in total. The Bertz CT molecular complexity index is 881.